The predicted octanol–water partition coefficient (Wildman–Crippen LogP) is 8.08. The quantitative estimate of drug-likeness (QED) is 0.261. The van der Waals surface area contributed by atoms with Crippen LogP contribution in [0.1, 0.15) is 11.1 Å². The lowest BCUT2D eigenvalue weighted by molar-refractivity contribution is -0.112. The molecule has 0 aliphatic rings. The van der Waals surface area contributed by atoms with Crippen LogP contribution in [-0.4, -0.2) is 5.91 Å². The molecule has 0 saturated carbocycles. The maximum Gasteiger partial charge on any atom is 0.266 e. The Morgan fingerprint density at radius 1 is 0.906 bits per heavy atom. The van der Waals surface area contributed by atoms with Crippen molar-refractivity contribution in [3.63, 3.8) is 0 Å². The lowest BCUT2D eigenvalue weighted by Gasteiger charge is -2.13. The molecule has 9 heteroatoms. The summed E-state index contributed by atoms with van der Waals surface area (Å²) in [6.45, 7) is 0.0804. The third-order valence-corrected chi connectivity index (χ3v) is 5.53. The van der Waals surface area contributed by atoms with Gasteiger partial charge in [0.05, 0.1) is 5.02 Å². The van der Waals surface area contributed by atoms with Crippen LogP contribution in [0.4, 0.5) is 5.69 Å². The molecule has 4 nitrogen and oxygen atoms in total. The van der Waals surface area contributed by atoms with Crippen molar-refractivity contribution in [2.75, 3.05) is 5.32 Å². The minimum atomic E-state index is -0.613. The first-order valence-electron chi connectivity index (χ1n) is 9.01. The minimum Gasteiger partial charge on any atom is -0.487 e. The van der Waals surface area contributed by atoms with Gasteiger partial charge in [0.1, 0.15) is 24.0 Å². The Hall–Kier alpha value is -2.39. The van der Waals surface area contributed by atoms with Gasteiger partial charge in [0, 0.05) is 36.9 Å². The predicted molar refractivity (Wildman–Crippen MR) is 131 cm³/mol. The molecule has 3 aromatic carbocycles. The monoisotopic (exact) mass is 524 g/mol. The van der Waals surface area contributed by atoms with Crippen molar-refractivity contribution in [3.8, 4) is 11.8 Å². The van der Waals surface area contributed by atoms with Gasteiger partial charge in [-0.25, -0.2) is 0 Å². The zero-order valence-corrected chi connectivity index (χ0v) is 19.9. The van der Waals surface area contributed by atoms with Gasteiger partial charge < -0.3 is 10.1 Å². The molecular weight excluding hydrogens is 514 g/mol. The van der Waals surface area contributed by atoms with Crippen molar-refractivity contribution >= 4 is 75.7 Å². The fourth-order valence-electron chi connectivity index (χ4n) is 2.66. The first-order valence-corrected chi connectivity index (χ1v) is 10.9. The van der Waals surface area contributed by atoms with E-state index < -0.39 is 5.91 Å². The van der Waals surface area contributed by atoms with Gasteiger partial charge in [-0.1, -0.05) is 64.1 Å². The number of halogens is 5. The summed E-state index contributed by atoms with van der Waals surface area (Å²) in [6.07, 6.45) is 1.35. The first kappa shape index (κ1) is 24.3. The number of carbonyl (C=O) groups is 1. The van der Waals surface area contributed by atoms with Crippen LogP contribution < -0.4 is 10.1 Å². The number of benzene rings is 3. The highest BCUT2D eigenvalue weighted by Gasteiger charge is 2.15. The Balaban J connectivity index is 1.89. The Kier molecular flexibility index (Phi) is 8.31. The maximum absolute atomic E-state index is 12.6. The number of carbonyl (C=O) groups excluding carboxylic acids is 1. The topological polar surface area (TPSA) is 62.1 Å². The summed E-state index contributed by atoms with van der Waals surface area (Å²) in [5.74, 6) is -0.369. The summed E-state index contributed by atoms with van der Waals surface area (Å²) >= 11 is 30.4. The van der Waals surface area contributed by atoms with E-state index in [1.165, 1.54) is 12.1 Å². The van der Waals surface area contributed by atoms with Gasteiger partial charge in [-0.05, 0) is 54.6 Å². The molecule has 0 aromatic heterocycles. The smallest absolute Gasteiger partial charge is 0.266 e. The fraction of sp³-hybridized carbons (Fsp3) is 0.0435. The summed E-state index contributed by atoms with van der Waals surface area (Å²) < 4.78 is 5.87. The number of hydrogen-bond donors (Lipinski definition) is 1. The highest BCUT2D eigenvalue weighted by molar-refractivity contribution is 6.36. The van der Waals surface area contributed by atoms with Crippen LogP contribution >= 0.6 is 58.0 Å². The number of nitrogens with zero attached hydrogens (tertiary/aromatic N) is 1. The largest absolute Gasteiger partial charge is 0.487 e. The van der Waals surface area contributed by atoms with E-state index >= 15 is 0 Å². The van der Waals surface area contributed by atoms with Gasteiger partial charge in [-0.15, -0.1) is 0 Å². The van der Waals surface area contributed by atoms with Gasteiger partial charge in [-0.2, -0.15) is 5.26 Å². The molecule has 0 aliphatic carbocycles. The van der Waals surface area contributed by atoms with Crippen molar-refractivity contribution in [1.82, 2.24) is 0 Å². The second kappa shape index (κ2) is 11.0. The molecule has 0 unspecified atom stereocenters. The number of ether oxygens (including phenoxy) is 1. The summed E-state index contributed by atoms with van der Waals surface area (Å²) in [5, 5.41) is 14.2. The van der Waals surface area contributed by atoms with E-state index in [9.17, 15) is 10.1 Å². The van der Waals surface area contributed by atoms with Gasteiger partial charge in [0.2, 0.25) is 0 Å². The van der Waals surface area contributed by atoms with Crippen LogP contribution in [0.3, 0.4) is 0 Å². The van der Waals surface area contributed by atoms with Gasteiger partial charge >= 0.3 is 0 Å². The molecule has 0 heterocycles. The lowest BCUT2D eigenvalue weighted by Crippen LogP contribution is -2.13. The lowest BCUT2D eigenvalue weighted by atomic mass is 10.1. The maximum atomic E-state index is 12.6. The number of rotatable bonds is 6. The highest BCUT2D eigenvalue weighted by atomic mass is 35.5. The number of hydrogen-bond acceptors (Lipinski definition) is 3. The molecule has 0 bridgehead atoms. The SMILES string of the molecule is N#C/C(=C\c1cc(Cl)cc(Cl)c1OCc1ccc(Cl)cc1Cl)C(=O)Nc1ccc(Cl)cc1. The third-order valence-electron chi connectivity index (χ3n) is 4.19. The first-order chi connectivity index (χ1) is 15.3. The molecule has 0 saturated heterocycles. The summed E-state index contributed by atoms with van der Waals surface area (Å²) in [5.41, 5.74) is 1.35. The third kappa shape index (κ3) is 6.32. The van der Waals surface area contributed by atoms with E-state index in [0.29, 0.717) is 36.9 Å². The Labute approximate surface area is 209 Å². The van der Waals surface area contributed by atoms with E-state index in [0.717, 1.165) is 0 Å². The van der Waals surface area contributed by atoms with E-state index in [-0.39, 0.29) is 23.0 Å². The van der Waals surface area contributed by atoms with Crippen molar-refractivity contribution in [1.29, 1.82) is 5.26 Å². The average molecular weight is 527 g/mol. The highest BCUT2D eigenvalue weighted by Crippen LogP contribution is 2.35. The molecule has 0 fully saturated rings. The summed E-state index contributed by atoms with van der Waals surface area (Å²) in [4.78, 5) is 12.6. The number of amides is 1. The zero-order valence-electron chi connectivity index (χ0n) is 16.1. The average Bonchev–Trinajstić information content (AvgIpc) is 2.74. The molecule has 32 heavy (non-hydrogen) atoms. The van der Waals surface area contributed by atoms with E-state index in [1.807, 2.05) is 6.07 Å². The molecule has 0 atom stereocenters. The molecule has 1 amide bonds. The van der Waals surface area contributed by atoms with E-state index in [2.05, 4.69) is 5.32 Å². The second-order valence-corrected chi connectivity index (χ2v) is 8.58. The number of nitriles is 1. The normalized spacial score (nSPS) is 11.1. The Morgan fingerprint density at radius 3 is 2.22 bits per heavy atom. The van der Waals surface area contributed by atoms with Gasteiger partial charge in [0.15, 0.2) is 0 Å². The number of anilines is 1. The van der Waals surface area contributed by atoms with Crippen molar-refractivity contribution in [3.05, 3.63) is 96.4 Å². The Bertz CT molecular complexity index is 1230. The molecule has 3 rings (SSSR count). The number of nitrogens with one attached hydrogen (secondary N) is 1. The molecule has 3 aromatic rings. The van der Waals surface area contributed by atoms with E-state index in [1.54, 1.807) is 48.5 Å². The van der Waals surface area contributed by atoms with Crippen molar-refractivity contribution in [2.24, 2.45) is 0 Å². The van der Waals surface area contributed by atoms with Gasteiger partial charge in [0.25, 0.3) is 5.91 Å². The molecule has 0 spiro atoms. The molecule has 0 radical (unpaired) electrons. The van der Waals surface area contributed by atoms with Crippen LogP contribution in [0, 0.1) is 11.3 Å². The molecular formula is C23H13Cl5N2O2. The zero-order chi connectivity index (χ0) is 23.3. The van der Waals surface area contributed by atoms with Crippen molar-refractivity contribution < 1.29 is 9.53 Å². The van der Waals surface area contributed by atoms with Crippen LogP contribution in [0.25, 0.3) is 6.08 Å². The van der Waals surface area contributed by atoms with Crippen molar-refractivity contribution in [2.45, 2.75) is 6.61 Å². The van der Waals surface area contributed by atoms with Crippen LogP contribution in [-0.2, 0) is 11.4 Å². The Morgan fingerprint density at radius 2 is 1.56 bits per heavy atom. The summed E-state index contributed by atoms with van der Waals surface area (Å²) in [6, 6.07) is 16.4. The van der Waals surface area contributed by atoms with Crippen LogP contribution in [0.15, 0.2) is 60.2 Å². The van der Waals surface area contributed by atoms with Gasteiger partial charge in [-0.3, -0.25) is 4.79 Å². The second-order valence-electron chi connectivity index (χ2n) is 6.46. The van der Waals surface area contributed by atoms with E-state index in [4.69, 9.17) is 62.7 Å². The molecule has 0 aliphatic heterocycles. The van der Waals surface area contributed by atoms with Crippen LogP contribution in [0.2, 0.25) is 25.1 Å². The summed E-state index contributed by atoms with van der Waals surface area (Å²) in [7, 11) is 0. The minimum absolute atomic E-state index is 0.0804. The fourth-order valence-corrected chi connectivity index (χ4v) is 3.82. The standard InChI is InChI=1S/C23H13Cl5N2O2/c24-16-3-5-19(6-4-16)30-23(31)15(11-29)7-14-8-18(26)10-21(28)22(14)32-12-13-1-2-17(25)9-20(13)27/h1-10H,12H2,(H,30,31)/b15-7+. The van der Waals surface area contributed by atoms with Crippen LogP contribution in [0.5, 0.6) is 5.75 Å². The molecule has 1 N–H and O–H groups in total. The molecule has 162 valence electrons.